The van der Waals surface area contributed by atoms with Crippen molar-refractivity contribution in [2.45, 2.75) is 0 Å². The van der Waals surface area contributed by atoms with Gasteiger partial charge < -0.3 is 13.2 Å². The van der Waals surface area contributed by atoms with E-state index in [2.05, 4.69) is 12.1 Å². The van der Waals surface area contributed by atoms with Crippen LogP contribution in [0.25, 0.3) is 11.1 Å². The SMILES string of the molecule is Nc1ccc(-c2ccccc2)cc1.[CH3-].[K+]. The van der Waals surface area contributed by atoms with Crippen LogP contribution in [0.15, 0.2) is 54.6 Å². The molecule has 0 saturated heterocycles. The van der Waals surface area contributed by atoms with Gasteiger partial charge in [0, 0.05) is 5.69 Å². The van der Waals surface area contributed by atoms with Crippen LogP contribution in [0.2, 0.25) is 0 Å². The molecule has 0 aromatic heterocycles. The number of nitrogens with two attached hydrogens (primary N) is 1. The van der Waals surface area contributed by atoms with Crippen LogP contribution in [0.3, 0.4) is 0 Å². The Bertz CT molecular complexity index is 381. The summed E-state index contributed by atoms with van der Waals surface area (Å²) in [5, 5.41) is 0. The average Bonchev–Trinajstić information content (AvgIpc) is 2.20. The van der Waals surface area contributed by atoms with Crippen LogP contribution < -0.4 is 57.1 Å². The van der Waals surface area contributed by atoms with E-state index in [9.17, 15) is 0 Å². The number of anilines is 1. The van der Waals surface area contributed by atoms with Gasteiger partial charge in [-0.05, 0) is 23.3 Å². The van der Waals surface area contributed by atoms with Crippen molar-refractivity contribution in [3.8, 4) is 11.1 Å². The maximum Gasteiger partial charge on any atom is 1.00 e. The zero-order valence-electron chi connectivity index (χ0n) is 9.27. The largest absolute Gasteiger partial charge is 1.00 e. The van der Waals surface area contributed by atoms with Crippen molar-refractivity contribution in [1.29, 1.82) is 0 Å². The molecule has 0 radical (unpaired) electrons. The third-order valence-electron chi connectivity index (χ3n) is 2.02. The fraction of sp³-hybridized carbons (Fsp3) is 0. The molecule has 2 rings (SSSR count). The summed E-state index contributed by atoms with van der Waals surface area (Å²) in [6.07, 6.45) is 0. The molecule has 0 amide bonds. The van der Waals surface area contributed by atoms with E-state index in [4.69, 9.17) is 5.73 Å². The summed E-state index contributed by atoms with van der Waals surface area (Å²) in [5.41, 5.74) is 8.84. The fourth-order valence-electron chi connectivity index (χ4n) is 1.31. The summed E-state index contributed by atoms with van der Waals surface area (Å²) in [7, 11) is 0. The van der Waals surface area contributed by atoms with E-state index in [1.807, 2.05) is 42.5 Å². The fourth-order valence-corrected chi connectivity index (χ4v) is 1.31. The van der Waals surface area contributed by atoms with Crippen molar-refractivity contribution in [2.75, 3.05) is 5.73 Å². The van der Waals surface area contributed by atoms with Crippen LogP contribution in [0.5, 0.6) is 0 Å². The summed E-state index contributed by atoms with van der Waals surface area (Å²) >= 11 is 0. The molecule has 2 N–H and O–H groups in total. The third kappa shape index (κ3) is 4.09. The van der Waals surface area contributed by atoms with Gasteiger partial charge in [-0.2, -0.15) is 0 Å². The topological polar surface area (TPSA) is 26.0 Å². The third-order valence-corrected chi connectivity index (χ3v) is 2.02. The van der Waals surface area contributed by atoms with Gasteiger partial charge in [-0.15, -0.1) is 0 Å². The maximum atomic E-state index is 5.60. The molecule has 15 heavy (non-hydrogen) atoms. The Balaban J connectivity index is 0.000000980. The van der Waals surface area contributed by atoms with Crippen LogP contribution in [-0.4, -0.2) is 0 Å². The molecule has 2 aromatic rings. The molecule has 0 heterocycles. The van der Waals surface area contributed by atoms with Crippen LogP contribution in [0.1, 0.15) is 0 Å². The predicted molar refractivity (Wildman–Crippen MR) is 62.7 cm³/mol. The molecule has 0 spiro atoms. The summed E-state index contributed by atoms with van der Waals surface area (Å²) < 4.78 is 0. The van der Waals surface area contributed by atoms with Gasteiger partial charge in [0.05, 0.1) is 0 Å². The second-order valence-electron chi connectivity index (χ2n) is 2.99. The quantitative estimate of drug-likeness (QED) is 0.422. The Morgan fingerprint density at radius 2 is 1.13 bits per heavy atom. The van der Waals surface area contributed by atoms with Crippen molar-refractivity contribution >= 4 is 5.69 Å². The van der Waals surface area contributed by atoms with Gasteiger partial charge in [-0.1, -0.05) is 42.5 Å². The van der Waals surface area contributed by atoms with E-state index < -0.39 is 0 Å². The van der Waals surface area contributed by atoms with E-state index in [1.165, 1.54) is 11.1 Å². The van der Waals surface area contributed by atoms with Gasteiger partial charge in [0.1, 0.15) is 0 Å². The Morgan fingerprint density at radius 1 is 0.667 bits per heavy atom. The predicted octanol–water partition coefficient (Wildman–Crippen LogP) is 0.390. The minimum absolute atomic E-state index is 0. The van der Waals surface area contributed by atoms with Crippen molar-refractivity contribution in [2.24, 2.45) is 0 Å². The van der Waals surface area contributed by atoms with Crippen LogP contribution in [0, 0.1) is 7.43 Å². The second kappa shape index (κ2) is 7.20. The molecule has 2 heteroatoms. The molecule has 0 saturated carbocycles. The zero-order chi connectivity index (χ0) is 9.10. The van der Waals surface area contributed by atoms with Gasteiger partial charge in [-0.3, -0.25) is 0 Å². The summed E-state index contributed by atoms with van der Waals surface area (Å²) in [6.45, 7) is 0. The molecule has 0 atom stereocenters. The van der Waals surface area contributed by atoms with Gasteiger partial charge in [0.15, 0.2) is 0 Å². The first kappa shape index (κ1) is 14.9. The Hall–Kier alpha value is -0.124. The van der Waals surface area contributed by atoms with E-state index in [0.29, 0.717) is 0 Å². The Kier molecular flexibility index (Phi) is 7.14. The summed E-state index contributed by atoms with van der Waals surface area (Å²) in [4.78, 5) is 0. The smallest absolute Gasteiger partial charge is 0.399 e. The number of nitrogen functional groups attached to an aromatic ring is 1. The minimum Gasteiger partial charge on any atom is -0.399 e. The standard InChI is InChI=1S/C12H11N.CH3.K/c13-12-8-6-11(7-9-12)10-4-2-1-3-5-10;;/h1-9H,13H2;1H3;/q;-1;+1. The number of rotatable bonds is 1. The molecule has 0 aliphatic heterocycles. The first-order valence-corrected chi connectivity index (χ1v) is 4.27. The monoisotopic (exact) mass is 223 g/mol. The zero-order valence-corrected chi connectivity index (χ0v) is 12.4. The first-order valence-electron chi connectivity index (χ1n) is 4.27. The van der Waals surface area contributed by atoms with Gasteiger partial charge >= 0.3 is 51.4 Å². The number of hydrogen-bond acceptors (Lipinski definition) is 1. The molecule has 1 nitrogen and oxygen atoms in total. The van der Waals surface area contributed by atoms with E-state index >= 15 is 0 Å². The Morgan fingerprint density at radius 3 is 1.67 bits per heavy atom. The van der Waals surface area contributed by atoms with Crippen molar-refractivity contribution in [3.63, 3.8) is 0 Å². The first-order chi connectivity index (χ1) is 6.36. The van der Waals surface area contributed by atoms with Crippen LogP contribution >= 0.6 is 0 Å². The molecule has 72 valence electrons. The summed E-state index contributed by atoms with van der Waals surface area (Å²) in [5.74, 6) is 0. The second-order valence-corrected chi connectivity index (χ2v) is 2.99. The normalized spacial score (nSPS) is 8.53. The van der Waals surface area contributed by atoms with E-state index in [0.717, 1.165) is 5.69 Å². The van der Waals surface area contributed by atoms with Crippen LogP contribution in [0.4, 0.5) is 5.69 Å². The molecule has 0 aliphatic carbocycles. The number of benzene rings is 2. The molecule has 0 fully saturated rings. The molecule has 2 aromatic carbocycles. The minimum atomic E-state index is 0. The van der Waals surface area contributed by atoms with Crippen molar-refractivity contribution < 1.29 is 51.4 Å². The molecular weight excluding hydrogens is 209 g/mol. The van der Waals surface area contributed by atoms with Gasteiger partial charge in [0.2, 0.25) is 0 Å². The average molecular weight is 223 g/mol. The molecular formula is C13H14KN. The van der Waals surface area contributed by atoms with Crippen LogP contribution in [-0.2, 0) is 0 Å². The molecule has 0 bridgehead atoms. The van der Waals surface area contributed by atoms with E-state index in [1.54, 1.807) is 0 Å². The maximum absolute atomic E-state index is 5.60. The molecule has 0 unspecified atom stereocenters. The molecule has 0 aliphatic rings. The van der Waals surface area contributed by atoms with E-state index in [-0.39, 0.29) is 58.8 Å². The van der Waals surface area contributed by atoms with Gasteiger partial charge in [-0.25, -0.2) is 0 Å². The number of hydrogen-bond donors (Lipinski definition) is 1. The van der Waals surface area contributed by atoms with Crippen molar-refractivity contribution in [3.05, 3.63) is 62.0 Å². The van der Waals surface area contributed by atoms with Crippen molar-refractivity contribution in [1.82, 2.24) is 0 Å². The Labute approximate surface area is 134 Å². The van der Waals surface area contributed by atoms with Gasteiger partial charge in [0.25, 0.3) is 0 Å². The summed E-state index contributed by atoms with van der Waals surface area (Å²) in [6, 6.07) is 18.2.